The van der Waals surface area contributed by atoms with Crippen molar-refractivity contribution in [2.45, 2.75) is 71.6 Å². The van der Waals surface area contributed by atoms with Gasteiger partial charge in [-0.15, -0.1) is 6.42 Å². The molecule has 0 atom stereocenters. The topological polar surface area (TPSA) is 78.4 Å². The van der Waals surface area contributed by atoms with Crippen LogP contribution in [0.3, 0.4) is 0 Å². The molecule has 5 nitrogen and oxygen atoms in total. The number of nitrogens with one attached hydrogen (secondary N) is 2. The standard InChI is InChI=1S/C23H34N2O3/c1-8-12-24-20(27)11-13-25-19(26)10-9-16-14-17(22(2,3)4)21(28)18(15-16)23(5,6)7/h1,14-15,28H,9-13H2,2-7H3,(H,24,27)(H,25,26). The van der Waals surface area contributed by atoms with Crippen LogP contribution < -0.4 is 10.6 Å². The third-order valence-corrected chi connectivity index (χ3v) is 4.49. The lowest BCUT2D eigenvalue weighted by Crippen LogP contribution is -2.31. The Morgan fingerprint density at radius 3 is 1.93 bits per heavy atom. The number of rotatable bonds is 7. The molecule has 0 aliphatic heterocycles. The SMILES string of the molecule is C#CCNC(=O)CCNC(=O)CCc1cc(C(C)(C)C)c(O)c(C(C)(C)C)c1. The van der Waals surface area contributed by atoms with E-state index in [1.54, 1.807) is 0 Å². The Morgan fingerprint density at radius 2 is 1.46 bits per heavy atom. The van der Waals surface area contributed by atoms with Gasteiger partial charge in [0.2, 0.25) is 11.8 Å². The van der Waals surface area contributed by atoms with Gasteiger partial charge in [0.1, 0.15) is 5.75 Å². The Balaban J connectivity index is 2.77. The highest BCUT2D eigenvalue weighted by atomic mass is 16.3. The van der Waals surface area contributed by atoms with Crippen molar-refractivity contribution in [3.05, 3.63) is 28.8 Å². The second-order valence-corrected chi connectivity index (χ2v) is 9.12. The van der Waals surface area contributed by atoms with Gasteiger partial charge in [0.25, 0.3) is 0 Å². The molecule has 1 aromatic carbocycles. The highest BCUT2D eigenvalue weighted by Gasteiger charge is 2.26. The lowest BCUT2D eigenvalue weighted by molar-refractivity contribution is -0.122. The maximum Gasteiger partial charge on any atom is 0.222 e. The van der Waals surface area contributed by atoms with Crippen molar-refractivity contribution in [2.75, 3.05) is 13.1 Å². The van der Waals surface area contributed by atoms with E-state index < -0.39 is 0 Å². The van der Waals surface area contributed by atoms with Gasteiger partial charge in [0, 0.05) is 19.4 Å². The van der Waals surface area contributed by atoms with Crippen LogP contribution in [-0.2, 0) is 26.8 Å². The average Bonchev–Trinajstić information content (AvgIpc) is 2.56. The first-order valence-electron chi connectivity index (χ1n) is 9.70. The molecule has 1 aromatic rings. The number of phenolic OH excluding ortho intramolecular Hbond substituents is 1. The number of carbonyl (C=O) groups excluding carboxylic acids is 2. The van der Waals surface area contributed by atoms with Crippen LogP contribution in [0.25, 0.3) is 0 Å². The summed E-state index contributed by atoms with van der Waals surface area (Å²) >= 11 is 0. The molecule has 0 fully saturated rings. The lowest BCUT2D eigenvalue weighted by Gasteiger charge is -2.28. The molecule has 1 rings (SSSR count). The lowest BCUT2D eigenvalue weighted by atomic mass is 9.78. The molecule has 0 radical (unpaired) electrons. The molecule has 0 spiro atoms. The monoisotopic (exact) mass is 386 g/mol. The van der Waals surface area contributed by atoms with Crippen molar-refractivity contribution in [3.63, 3.8) is 0 Å². The molecule has 0 aromatic heterocycles. The molecule has 154 valence electrons. The van der Waals surface area contributed by atoms with Crippen molar-refractivity contribution >= 4 is 11.8 Å². The quantitative estimate of drug-likeness (QED) is 0.630. The number of terminal acetylenes is 1. The van der Waals surface area contributed by atoms with Crippen molar-refractivity contribution in [1.29, 1.82) is 0 Å². The third kappa shape index (κ3) is 7.26. The van der Waals surface area contributed by atoms with E-state index in [4.69, 9.17) is 6.42 Å². The number of aryl methyl sites for hydroxylation is 1. The van der Waals surface area contributed by atoms with Gasteiger partial charge in [0.05, 0.1) is 6.54 Å². The molecule has 28 heavy (non-hydrogen) atoms. The largest absolute Gasteiger partial charge is 0.507 e. The highest BCUT2D eigenvalue weighted by molar-refractivity contribution is 5.79. The maximum absolute atomic E-state index is 12.1. The molecule has 0 saturated heterocycles. The summed E-state index contributed by atoms with van der Waals surface area (Å²) in [4.78, 5) is 23.6. The van der Waals surface area contributed by atoms with Crippen molar-refractivity contribution in [1.82, 2.24) is 10.6 Å². The second kappa shape index (κ2) is 9.64. The van der Waals surface area contributed by atoms with Crippen LogP contribution >= 0.6 is 0 Å². The molecule has 0 aliphatic rings. The fraction of sp³-hybridized carbons (Fsp3) is 0.565. The normalized spacial score (nSPS) is 11.6. The minimum atomic E-state index is -0.200. The summed E-state index contributed by atoms with van der Waals surface area (Å²) in [6, 6.07) is 3.98. The van der Waals surface area contributed by atoms with Crippen LogP contribution in [0.2, 0.25) is 0 Å². The number of amides is 2. The van der Waals surface area contributed by atoms with Crippen molar-refractivity contribution < 1.29 is 14.7 Å². The van der Waals surface area contributed by atoms with E-state index in [1.165, 1.54) is 0 Å². The fourth-order valence-corrected chi connectivity index (χ4v) is 2.88. The third-order valence-electron chi connectivity index (χ3n) is 4.49. The Hall–Kier alpha value is -2.48. The molecule has 0 bridgehead atoms. The Morgan fingerprint density at radius 1 is 0.964 bits per heavy atom. The van der Waals surface area contributed by atoms with E-state index in [-0.39, 0.29) is 42.2 Å². The van der Waals surface area contributed by atoms with Gasteiger partial charge in [-0.3, -0.25) is 9.59 Å². The predicted molar refractivity (Wildman–Crippen MR) is 113 cm³/mol. The molecule has 0 aliphatic carbocycles. The van der Waals surface area contributed by atoms with Crippen molar-refractivity contribution in [3.8, 4) is 18.1 Å². The summed E-state index contributed by atoms with van der Waals surface area (Å²) < 4.78 is 0. The highest BCUT2D eigenvalue weighted by Crippen LogP contribution is 2.39. The van der Waals surface area contributed by atoms with Gasteiger partial charge in [0.15, 0.2) is 0 Å². The van der Waals surface area contributed by atoms with E-state index >= 15 is 0 Å². The Bertz CT molecular complexity index is 712. The molecule has 3 N–H and O–H groups in total. The molecule has 5 heteroatoms. The Kier molecular flexibility index (Phi) is 8.11. The minimum Gasteiger partial charge on any atom is -0.507 e. The van der Waals surface area contributed by atoms with Crippen LogP contribution in [-0.4, -0.2) is 30.0 Å². The number of hydrogen-bond donors (Lipinski definition) is 3. The van der Waals surface area contributed by atoms with Crippen LogP contribution in [0, 0.1) is 12.3 Å². The summed E-state index contributed by atoms with van der Waals surface area (Å²) in [5, 5.41) is 16.1. The van der Waals surface area contributed by atoms with Gasteiger partial charge < -0.3 is 15.7 Å². The first-order valence-corrected chi connectivity index (χ1v) is 9.70. The van der Waals surface area contributed by atoms with Gasteiger partial charge in [-0.25, -0.2) is 0 Å². The summed E-state index contributed by atoms with van der Waals surface area (Å²) in [6.45, 7) is 12.9. The molecule has 0 heterocycles. The summed E-state index contributed by atoms with van der Waals surface area (Å²) in [5.41, 5.74) is 2.40. The summed E-state index contributed by atoms with van der Waals surface area (Å²) in [7, 11) is 0. The average molecular weight is 387 g/mol. The zero-order valence-corrected chi connectivity index (χ0v) is 18.0. The molecule has 2 amide bonds. The zero-order valence-electron chi connectivity index (χ0n) is 18.0. The zero-order chi connectivity index (χ0) is 21.5. The van der Waals surface area contributed by atoms with Gasteiger partial charge in [-0.1, -0.05) is 59.6 Å². The molecule has 0 unspecified atom stereocenters. The van der Waals surface area contributed by atoms with E-state index in [9.17, 15) is 14.7 Å². The van der Waals surface area contributed by atoms with E-state index in [0.717, 1.165) is 16.7 Å². The second-order valence-electron chi connectivity index (χ2n) is 9.12. The van der Waals surface area contributed by atoms with Crippen LogP contribution in [0.5, 0.6) is 5.75 Å². The number of hydrogen-bond acceptors (Lipinski definition) is 3. The first-order chi connectivity index (χ1) is 12.9. The van der Waals surface area contributed by atoms with Gasteiger partial charge in [-0.05, 0) is 33.9 Å². The fourth-order valence-electron chi connectivity index (χ4n) is 2.88. The van der Waals surface area contributed by atoms with Crippen LogP contribution in [0.15, 0.2) is 12.1 Å². The molecular weight excluding hydrogens is 352 g/mol. The Labute approximate surface area is 169 Å². The maximum atomic E-state index is 12.1. The minimum absolute atomic E-state index is 0.104. The number of aromatic hydroxyl groups is 1. The van der Waals surface area contributed by atoms with E-state index in [1.807, 2.05) is 12.1 Å². The van der Waals surface area contributed by atoms with Crippen LogP contribution in [0.1, 0.15) is 71.1 Å². The summed E-state index contributed by atoms with van der Waals surface area (Å²) in [6.07, 6.45) is 6.18. The first kappa shape index (κ1) is 23.6. The number of phenols is 1. The van der Waals surface area contributed by atoms with Crippen LogP contribution in [0.4, 0.5) is 0 Å². The van der Waals surface area contributed by atoms with Crippen molar-refractivity contribution in [2.24, 2.45) is 0 Å². The smallest absolute Gasteiger partial charge is 0.222 e. The van der Waals surface area contributed by atoms with Gasteiger partial charge >= 0.3 is 0 Å². The summed E-state index contributed by atoms with van der Waals surface area (Å²) in [5.74, 6) is 2.39. The van der Waals surface area contributed by atoms with Gasteiger partial charge in [-0.2, -0.15) is 0 Å². The predicted octanol–water partition coefficient (Wildman–Crippen LogP) is 3.18. The number of benzene rings is 1. The van der Waals surface area contributed by atoms with E-state index in [0.29, 0.717) is 18.6 Å². The molecular formula is C23H34N2O3. The van der Waals surface area contributed by atoms with E-state index in [2.05, 4.69) is 58.1 Å². The number of carbonyl (C=O) groups is 2. The molecule has 0 saturated carbocycles.